The molecule has 6 nitrogen and oxygen atoms in total. The topological polar surface area (TPSA) is 71.0 Å². The number of rotatable bonds is 6. The summed E-state index contributed by atoms with van der Waals surface area (Å²) >= 11 is 0. The number of carbonyl (C=O) groups excluding carboxylic acids is 1. The van der Waals surface area contributed by atoms with Crippen molar-refractivity contribution in [2.75, 3.05) is 31.6 Å². The van der Waals surface area contributed by atoms with E-state index in [9.17, 15) is 9.90 Å². The van der Waals surface area contributed by atoms with E-state index in [2.05, 4.69) is 34.5 Å². The predicted molar refractivity (Wildman–Crippen MR) is 123 cm³/mol. The molecule has 2 heterocycles. The van der Waals surface area contributed by atoms with Gasteiger partial charge in [0, 0.05) is 19.6 Å². The highest BCUT2D eigenvalue weighted by atomic mass is 16.5. The molecule has 5 rings (SSSR count). The third-order valence-corrected chi connectivity index (χ3v) is 5.90. The first-order valence-electron chi connectivity index (χ1n) is 10.9. The van der Waals surface area contributed by atoms with Gasteiger partial charge in [-0.25, -0.2) is 0 Å². The first-order chi connectivity index (χ1) is 15.6. The number of nitrogens with zero attached hydrogens (tertiary/aromatic N) is 1. The molecule has 3 aromatic carbocycles. The SMILES string of the molecule is O=C1COc2ccc(-c3cccc(OCC(O)CN4CCc5ccccc5C4)c3)cc2N1. The van der Waals surface area contributed by atoms with Gasteiger partial charge in [0.2, 0.25) is 0 Å². The first-order valence-corrected chi connectivity index (χ1v) is 10.9. The molecule has 1 unspecified atom stereocenters. The van der Waals surface area contributed by atoms with Crippen molar-refractivity contribution in [1.29, 1.82) is 0 Å². The molecule has 6 heteroatoms. The van der Waals surface area contributed by atoms with Crippen LogP contribution in [0.3, 0.4) is 0 Å². The minimum Gasteiger partial charge on any atom is -0.491 e. The molecule has 3 aromatic rings. The van der Waals surface area contributed by atoms with Crippen molar-refractivity contribution >= 4 is 11.6 Å². The van der Waals surface area contributed by atoms with E-state index in [1.807, 2.05) is 42.5 Å². The van der Waals surface area contributed by atoms with E-state index in [0.717, 1.165) is 30.6 Å². The van der Waals surface area contributed by atoms with Crippen molar-refractivity contribution in [2.24, 2.45) is 0 Å². The largest absolute Gasteiger partial charge is 0.491 e. The highest BCUT2D eigenvalue weighted by Crippen LogP contribution is 2.33. The molecule has 0 spiro atoms. The molecule has 1 amide bonds. The number of fused-ring (bicyclic) bond motifs is 2. The Balaban J connectivity index is 1.19. The Labute approximate surface area is 187 Å². The summed E-state index contributed by atoms with van der Waals surface area (Å²) in [6.45, 7) is 2.67. The maximum absolute atomic E-state index is 11.6. The number of hydrogen-bond donors (Lipinski definition) is 2. The first kappa shape index (κ1) is 20.5. The molecule has 1 atom stereocenters. The lowest BCUT2D eigenvalue weighted by molar-refractivity contribution is -0.118. The number of anilines is 1. The molecule has 2 N–H and O–H groups in total. The van der Waals surface area contributed by atoms with Crippen LogP contribution in [0.15, 0.2) is 66.7 Å². The summed E-state index contributed by atoms with van der Waals surface area (Å²) in [4.78, 5) is 13.9. The van der Waals surface area contributed by atoms with Crippen LogP contribution in [0, 0.1) is 0 Å². The average Bonchev–Trinajstić information content (AvgIpc) is 2.82. The Bertz CT molecular complexity index is 1130. The van der Waals surface area contributed by atoms with Crippen molar-refractivity contribution in [3.63, 3.8) is 0 Å². The van der Waals surface area contributed by atoms with E-state index < -0.39 is 6.10 Å². The molecule has 0 saturated heterocycles. The van der Waals surface area contributed by atoms with Crippen molar-refractivity contribution in [1.82, 2.24) is 4.90 Å². The lowest BCUT2D eigenvalue weighted by Crippen LogP contribution is -2.38. The van der Waals surface area contributed by atoms with Gasteiger partial charge < -0.3 is 19.9 Å². The fourth-order valence-electron chi connectivity index (χ4n) is 4.28. The fraction of sp³-hybridized carbons (Fsp3) is 0.269. The van der Waals surface area contributed by atoms with E-state index in [1.165, 1.54) is 11.1 Å². The van der Waals surface area contributed by atoms with Crippen molar-refractivity contribution in [3.05, 3.63) is 77.9 Å². The van der Waals surface area contributed by atoms with E-state index in [-0.39, 0.29) is 19.1 Å². The Morgan fingerprint density at radius 1 is 1.03 bits per heavy atom. The van der Waals surface area contributed by atoms with Crippen LogP contribution in [-0.4, -0.2) is 48.3 Å². The molecule has 0 radical (unpaired) electrons. The number of hydrogen-bond acceptors (Lipinski definition) is 5. The Hall–Kier alpha value is -3.35. The van der Waals surface area contributed by atoms with Crippen LogP contribution in [0.25, 0.3) is 11.1 Å². The van der Waals surface area contributed by atoms with Gasteiger partial charge in [-0.3, -0.25) is 9.69 Å². The van der Waals surface area contributed by atoms with Crippen LogP contribution >= 0.6 is 0 Å². The monoisotopic (exact) mass is 430 g/mol. The standard InChI is InChI=1S/C26H26N2O4/c29-22(15-28-11-10-18-4-1-2-5-21(18)14-28)16-31-23-7-3-6-19(12-23)20-8-9-25-24(13-20)27-26(30)17-32-25/h1-9,12-13,22,29H,10-11,14-17H2,(H,27,30). The fourth-order valence-corrected chi connectivity index (χ4v) is 4.28. The van der Waals surface area contributed by atoms with Gasteiger partial charge in [-0.15, -0.1) is 0 Å². The van der Waals surface area contributed by atoms with Gasteiger partial charge in [0.25, 0.3) is 5.91 Å². The second kappa shape index (κ2) is 9.02. The number of β-amino-alcohol motifs (C(OH)–C–C–N with tert-alkyl or cyclic N) is 1. The zero-order valence-electron chi connectivity index (χ0n) is 17.8. The highest BCUT2D eigenvalue weighted by molar-refractivity contribution is 5.96. The molecule has 0 fully saturated rings. The molecular formula is C26H26N2O4. The molecule has 0 saturated carbocycles. The van der Waals surface area contributed by atoms with Crippen LogP contribution in [-0.2, 0) is 17.8 Å². The number of aliphatic hydroxyl groups excluding tert-OH is 1. The van der Waals surface area contributed by atoms with Crippen molar-refractivity contribution < 1.29 is 19.4 Å². The highest BCUT2D eigenvalue weighted by Gasteiger charge is 2.19. The van der Waals surface area contributed by atoms with Gasteiger partial charge in [-0.2, -0.15) is 0 Å². The average molecular weight is 431 g/mol. The number of nitrogens with one attached hydrogen (secondary N) is 1. The minimum atomic E-state index is -0.569. The van der Waals surface area contributed by atoms with Gasteiger partial charge in [0.15, 0.2) is 6.61 Å². The molecular weight excluding hydrogens is 404 g/mol. The van der Waals surface area contributed by atoms with Crippen LogP contribution in [0.2, 0.25) is 0 Å². The van der Waals surface area contributed by atoms with E-state index >= 15 is 0 Å². The number of aliphatic hydroxyl groups is 1. The summed E-state index contributed by atoms with van der Waals surface area (Å²) in [5.41, 5.74) is 5.33. The lowest BCUT2D eigenvalue weighted by atomic mass is 10.00. The second-order valence-electron chi connectivity index (χ2n) is 8.29. The maximum Gasteiger partial charge on any atom is 0.262 e. The third kappa shape index (κ3) is 4.61. The predicted octanol–water partition coefficient (Wildman–Crippen LogP) is 3.48. The summed E-state index contributed by atoms with van der Waals surface area (Å²) in [5, 5.41) is 13.4. The summed E-state index contributed by atoms with van der Waals surface area (Å²) in [5.74, 6) is 1.21. The number of amides is 1. The Kier molecular flexibility index (Phi) is 5.79. The maximum atomic E-state index is 11.6. The molecule has 2 aliphatic rings. The van der Waals surface area contributed by atoms with E-state index in [1.54, 1.807) is 0 Å². The Morgan fingerprint density at radius 3 is 2.78 bits per heavy atom. The molecule has 0 aromatic heterocycles. The van der Waals surface area contributed by atoms with Crippen LogP contribution in [0.4, 0.5) is 5.69 Å². The van der Waals surface area contributed by atoms with Crippen LogP contribution in [0.5, 0.6) is 11.5 Å². The van der Waals surface area contributed by atoms with Gasteiger partial charge in [-0.05, 0) is 52.9 Å². The lowest BCUT2D eigenvalue weighted by Gasteiger charge is -2.30. The zero-order valence-corrected chi connectivity index (χ0v) is 17.8. The van der Waals surface area contributed by atoms with Crippen molar-refractivity contribution in [3.8, 4) is 22.6 Å². The molecule has 0 aliphatic carbocycles. The van der Waals surface area contributed by atoms with Crippen LogP contribution in [0.1, 0.15) is 11.1 Å². The molecule has 0 bridgehead atoms. The third-order valence-electron chi connectivity index (χ3n) is 5.90. The quantitative estimate of drug-likeness (QED) is 0.627. The summed E-state index contributed by atoms with van der Waals surface area (Å²) < 4.78 is 11.3. The van der Waals surface area contributed by atoms with Gasteiger partial charge >= 0.3 is 0 Å². The summed E-state index contributed by atoms with van der Waals surface area (Å²) in [6, 6.07) is 21.9. The van der Waals surface area contributed by atoms with Gasteiger partial charge in [-0.1, -0.05) is 42.5 Å². The summed E-state index contributed by atoms with van der Waals surface area (Å²) in [7, 11) is 0. The summed E-state index contributed by atoms with van der Waals surface area (Å²) in [6.07, 6.45) is 0.443. The van der Waals surface area contributed by atoms with Crippen LogP contribution < -0.4 is 14.8 Å². The molecule has 164 valence electrons. The number of ether oxygens (including phenoxy) is 2. The van der Waals surface area contributed by atoms with Gasteiger partial charge in [0.05, 0.1) is 5.69 Å². The second-order valence-corrected chi connectivity index (χ2v) is 8.29. The molecule has 32 heavy (non-hydrogen) atoms. The molecule has 2 aliphatic heterocycles. The normalized spacial score (nSPS) is 16.3. The van der Waals surface area contributed by atoms with Crippen molar-refractivity contribution in [2.45, 2.75) is 19.1 Å². The zero-order chi connectivity index (χ0) is 21.9. The minimum absolute atomic E-state index is 0.0436. The van der Waals surface area contributed by atoms with E-state index in [4.69, 9.17) is 9.47 Å². The smallest absolute Gasteiger partial charge is 0.262 e. The van der Waals surface area contributed by atoms with Gasteiger partial charge in [0.1, 0.15) is 24.2 Å². The number of carbonyl (C=O) groups is 1. The van der Waals surface area contributed by atoms with E-state index in [0.29, 0.717) is 23.7 Å². The Morgan fingerprint density at radius 2 is 1.88 bits per heavy atom. The number of benzene rings is 3.